The van der Waals surface area contributed by atoms with Gasteiger partial charge in [0.15, 0.2) is 0 Å². The van der Waals surface area contributed by atoms with Gasteiger partial charge >= 0.3 is 0 Å². The summed E-state index contributed by atoms with van der Waals surface area (Å²) < 4.78 is 7.17. The Bertz CT molecular complexity index is 4210. The lowest BCUT2D eigenvalue weighted by Gasteiger charge is -2.16. The molecule has 0 saturated heterocycles. The molecule has 4 aromatic heterocycles. The maximum Gasteiger partial charge on any atom is 0.235 e. The third-order valence-corrected chi connectivity index (χ3v) is 13.2. The van der Waals surface area contributed by atoms with Crippen LogP contribution in [0.5, 0.6) is 0 Å². The largest absolute Gasteiger partial charge is 0.309 e. The number of aromatic nitrogens is 5. The van der Waals surface area contributed by atoms with Gasteiger partial charge < -0.3 is 9.13 Å². The second-order valence-corrected chi connectivity index (χ2v) is 16.6. The normalized spacial score (nSPS) is 12.1. The Morgan fingerprint density at radius 3 is 1.62 bits per heavy atom. The van der Waals surface area contributed by atoms with Gasteiger partial charge in [-0.1, -0.05) is 152 Å². The van der Waals surface area contributed by atoms with Crippen LogP contribution >= 0.6 is 0 Å². The van der Waals surface area contributed by atoms with E-state index in [2.05, 4.69) is 226 Å². The maximum atomic E-state index is 5.62. The van der Waals surface area contributed by atoms with E-state index in [1.54, 1.807) is 0 Å². The van der Waals surface area contributed by atoms with Crippen LogP contribution in [0, 0.1) is 0 Å². The van der Waals surface area contributed by atoms with Crippen molar-refractivity contribution >= 4 is 97.9 Å². The summed E-state index contributed by atoms with van der Waals surface area (Å²) in [6, 6.07) is 76.7. The summed E-state index contributed by atoms with van der Waals surface area (Å²) in [6.45, 7) is 0. The summed E-state index contributed by atoms with van der Waals surface area (Å²) >= 11 is 0. The fourth-order valence-electron chi connectivity index (χ4n) is 10.5. The van der Waals surface area contributed by atoms with Crippen LogP contribution in [0.15, 0.2) is 212 Å². The number of nitrogens with zero attached hydrogens (tertiary/aromatic N) is 5. The first-order valence-corrected chi connectivity index (χ1v) is 21.5. The summed E-state index contributed by atoms with van der Waals surface area (Å²) in [5, 5.41) is 13.0. The second-order valence-electron chi connectivity index (χ2n) is 16.6. The molecule has 0 aliphatic carbocycles. The van der Waals surface area contributed by atoms with Crippen LogP contribution in [0.2, 0.25) is 0 Å². The standard InChI is InChI=1S/C58H35N5/c1-2-19-40(20-3-1)61-49-27-13-9-22-42(49)44-31-30-39(35-52(44)61)56-45-24-8-12-26-48(45)59-58(60-56)63-51-29-15-11-25-46(51)55-54(63)34-38-18-6-7-21-41(38)57(55)62-50-28-14-10-23-43(50)47-32-36-16-4-5-17-37(36)33-53(47)62/h1-35H. The highest BCUT2D eigenvalue weighted by atomic mass is 15.2. The van der Waals surface area contributed by atoms with Crippen molar-refractivity contribution in [2.75, 3.05) is 0 Å². The van der Waals surface area contributed by atoms with Crippen molar-refractivity contribution < 1.29 is 0 Å². The first-order valence-electron chi connectivity index (χ1n) is 21.5. The van der Waals surface area contributed by atoms with Gasteiger partial charge in [-0.05, 0) is 76.8 Å². The number of benzene rings is 10. The first kappa shape index (κ1) is 34.2. The Morgan fingerprint density at radius 2 is 0.841 bits per heavy atom. The predicted octanol–water partition coefficient (Wildman–Crippen LogP) is 14.9. The van der Waals surface area contributed by atoms with Crippen LogP contribution in [-0.2, 0) is 0 Å². The van der Waals surface area contributed by atoms with Crippen molar-refractivity contribution in [2.45, 2.75) is 0 Å². The monoisotopic (exact) mass is 801 g/mol. The molecule has 63 heavy (non-hydrogen) atoms. The first-order chi connectivity index (χ1) is 31.3. The maximum absolute atomic E-state index is 5.62. The van der Waals surface area contributed by atoms with Gasteiger partial charge in [0.1, 0.15) is 0 Å². The summed E-state index contributed by atoms with van der Waals surface area (Å²) in [5.41, 5.74) is 11.9. The van der Waals surface area contributed by atoms with Crippen molar-refractivity contribution in [1.82, 2.24) is 23.7 Å². The van der Waals surface area contributed by atoms with Crippen LogP contribution in [0.1, 0.15) is 0 Å². The molecule has 0 amide bonds. The Labute approximate surface area is 360 Å². The fraction of sp³-hybridized carbons (Fsp3) is 0. The minimum absolute atomic E-state index is 0.632. The highest BCUT2D eigenvalue weighted by molar-refractivity contribution is 6.23. The van der Waals surface area contributed by atoms with Crippen molar-refractivity contribution in [3.8, 4) is 28.6 Å². The number of hydrogen-bond donors (Lipinski definition) is 0. The zero-order valence-corrected chi connectivity index (χ0v) is 33.9. The van der Waals surface area contributed by atoms with Crippen molar-refractivity contribution in [1.29, 1.82) is 0 Å². The van der Waals surface area contributed by atoms with Crippen LogP contribution < -0.4 is 0 Å². The number of fused-ring (bicyclic) bond motifs is 12. The average Bonchev–Trinajstić information content (AvgIpc) is 3.97. The molecule has 5 heteroatoms. The van der Waals surface area contributed by atoms with E-state index in [0.717, 1.165) is 66.2 Å². The zero-order valence-electron chi connectivity index (χ0n) is 33.9. The third kappa shape index (κ3) is 4.87. The molecule has 0 saturated carbocycles. The van der Waals surface area contributed by atoms with E-state index in [4.69, 9.17) is 9.97 Å². The van der Waals surface area contributed by atoms with E-state index in [0.29, 0.717) is 5.95 Å². The van der Waals surface area contributed by atoms with E-state index in [-0.39, 0.29) is 0 Å². The summed E-state index contributed by atoms with van der Waals surface area (Å²) in [7, 11) is 0. The molecule has 14 aromatic rings. The van der Waals surface area contributed by atoms with Crippen LogP contribution in [0.4, 0.5) is 0 Å². The van der Waals surface area contributed by atoms with Crippen LogP contribution in [0.3, 0.4) is 0 Å². The lowest BCUT2D eigenvalue weighted by molar-refractivity contribution is 1.01. The third-order valence-electron chi connectivity index (χ3n) is 13.2. The van der Waals surface area contributed by atoms with E-state index in [1.807, 2.05) is 0 Å². The minimum Gasteiger partial charge on any atom is -0.309 e. The lowest BCUT2D eigenvalue weighted by atomic mass is 10.0. The van der Waals surface area contributed by atoms with Crippen molar-refractivity contribution in [2.24, 2.45) is 0 Å². The van der Waals surface area contributed by atoms with E-state index in [9.17, 15) is 0 Å². The van der Waals surface area contributed by atoms with Crippen LogP contribution in [0.25, 0.3) is 126 Å². The highest BCUT2D eigenvalue weighted by Gasteiger charge is 2.24. The van der Waals surface area contributed by atoms with Gasteiger partial charge in [-0.15, -0.1) is 0 Å². The van der Waals surface area contributed by atoms with Gasteiger partial charge in [0.2, 0.25) is 5.95 Å². The molecule has 5 nitrogen and oxygen atoms in total. The molecule has 0 radical (unpaired) electrons. The predicted molar refractivity (Wildman–Crippen MR) is 263 cm³/mol. The smallest absolute Gasteiger partial charge is 0.235 e. The quantitative estimate of drug-likeness (QED) is 0.178. The average molecular weight is 802 g/mol. The number of para-hydroxylation sites is 5. The molecule has 0 atom stereocenters. The molecular formula is C58H35N5. The zero-order chi connectivity index (χ0) is 41.2. The molecule has 10 aromatic carbocycles. The van der Waals surface area contributed by atoms with Crippen molar-refractivity contribution in [3.05, 3.63) is 212 Å². The molecule has 0 bridgehead atoms. The second kappa shape index (κ2) is 13.0. The molecule has 14 rings (SSSR count). The van der Waals surface area contributed by atoms with Crippen LogP contribution in [-0.4, -0.2) is 23.7 Å². The van der Waals surface area contributed by atoms with Gasteiger partial charge in [-0.3, -0.25) is 4.57 Å². The van der Waals surface area contributed by atoms with Gasteiger partial charge in [0.25, 0.3) is 0 Å². The van der Waals surface area contributed by atoms with E-state index >= 15 is 0 Å². The molecule has 0 aliphatic heterocycles. The van der Waals surface area contributed by atoms with Crippen molar-refractivity contribution in [3.63, 3.8) is 0 Å². The Morgan fingerprint density at radius 1 is 0.302 bits per heavy atom. The van der Waals surface area contributed by atoms with Gasteiger partial charge in [0, 0.05) is 54.3 Å². The number of hydrogen-bond acceptors (Lipinski definition) is 2. The molecule has 0 fully saturated rings. The summed E-state index contributed by atoms with van der Waals surface area (Å²) in [6.07, 6.45) is 0. The minimum atomic E-state index is 0.632. The SMILES string of the molecule is c1ccc(-n2c3ccccc3c3ccc(-c4nc(-n5c6ccccc6c6c(-n7c8ccccc8c8cc9ccccc9cc87)c7ccccc7cc65)nc5ccccc45)cc32)cc1. The van der Waals surface area contributed by atoms with E-state index < -0.39 is 0 Å². The molecular weight excluding hydrogens is 767 g/mol. The van der Waals surface area contributed by atoms with Gasteiger partial charge in [0.05, 0.1) is 50.0 Å². The molecule has 0 N–H and O–H groups in total. The van der Waals surface area contributed by atoms with Gasteiger partial charge in [-0.2, -0.15) is 0 Å². The molecule has 0 aliphatic rings. The molecule has 0 spiro atoms. The highest BCUT2D eigenvalue weighted by Crippen LogP contribution is 2.44. The Balaban J connectivity index is 1.09. The Kier molecular flexibility index (Phi) is 7.05. The van der Waals surface area contributed by atoms with E-state index in [1.165, 1.54) is 54.3 Å². The summed E-state index contributed by atoms with van der Waals surface area (Å²) in [4.78, 5) is 11.0. The molecule has 0 unspecified atom stereocenters. The van der Waals surface area contributed by atoms with Gasteiger partial charge in [-0.25, -0.2) is 9.97 Å². The number of rotatable bonds is 4. The Hall–Kier alpha value is -8.54. The topological polar surface area (TPSA) is 40.6 Å². The molecule has 4 heterocycles. The molecule has 292 valence electrons. The fourth-order valence-corrected chi connectivity index (χ4v) is 10.5. The lowest BCUT2D eigenvalue weighted by Crippen LogP contribution is -2.04. The summed E-state index contributed by atoms with van der Waals surface area (Å²) in [5.74, 6) is 0.632.